The molecule has 0 aromatic carbocycles. The molecular weight excluding hydrogens is 288 g/mol. The van der Waals surface area contributed by atoms with Crippen LogP contribution in [-0.4, -0.2) is 17.9 Å². The highest BCUT2D eigenvalue weighted by molar-refractivity contribution is 6.00. The highest BCUT2D eigenvalue weighted by Crippen LogP contribution is 2.60. The van der Waals surface area contributed by atoms with Gasteiger partial charge >= 0.3 is 5.97 Å². The van der Waals surface area contributed by atoms with E-state index in [1.807, 2.05) is 39.8 Å². The van der Waals surface area contributed by atoms with Crippen LogP contribution >= 0.6 is 0 Å². The molecule has 0 bridgehead atoms. The number of hydrogen-bond acceptors (Lipinski definition) is 3. The maximum atomic E-state index is 12.5. The Bertz CT molecular complexity index is 600. The van der Waals surface area contributed by atoms with Crippen molar-refractivity contribution in [1.29, 1.82) is 0 Å². The van der Waals surface area contributed by atoms with E-state index in [2.05, 4.69) is 19.9 Å². The Morgan fingerprint density at radius 3 is 2.57 bits per heavy atom. The number of ether oxygens (including phenoxy) is 1. The predicted molar refractivity (Wildman–Crippen MR) is 91.8 cm³/mol. The molecule has 3 heteroatoms. The summed E-state index contributed by atoms with van der Waals surface area (Å²) in [6.45, 7) is 12.1. The monoisotopic (exact) mass is 316 g/mol. The fraction of sp³-hybridized carbons (Fsp3) is 0.600. The highest BCUT2D eigenvalue weighted by atomic mass is 16.5. The molecule has 3 atom stereocenters. The summed E-state index contributed by atoms with van der Waals surface area (Å²) >= 11 is 0. The molecule has 0 aromatic rings. The minimum atomic E-state index is -0.376. The van der Waals surface area contributed by atoms with E-state index in [1.54, 1.807) is 0 Å². The zero-order valence-electron chi connectivity index (χ0n) is 15.1. The van der Waals surface area contributed by atoms with E-state index < -0.39 is 0 Å². The lowest BCUT2D eigenvalue weighted by molar-refractivity contribution is -0.150. The van der Waals surface area contributed by atoms with Crippen LogP contribution in [0.4, 0.5) is 0 Å². The largest absolute Gasteiger partial charge is 0.457 e. The third kappa shape index (κ3) is 3.49. The first-order chi connectivity index (χ1) is 10.7. The Labute approximate surface area is 139 Å². The Morgan fingerprint density at radius 1 is 1.35 bits per heavy atom. The van der Waals surface area contributed by atoms with Gasteiger partial charge in [-0.3, -0.25) is 9.59 Å². The molecule has 2 aliphatic carbocycles. The number of carbonyl (C=O) groups excluding carboxylic acids is 2. The number of esters is 1. The van der Waals surface area contributed by atoms with Gasteiger partial charge in [-0.1, -0.05) is 37.6 Å². The van der Waals surface area contributed by atoms with Crippen molar-refractivity contribution in [2.75, 3.05) is 0 Å². The Kier molecular flexibility index (Phi) is 4.98. The van der Waals surface area contributed by atoms with Crippen LogP contribution in [0, 0.1) is 17.3 Å². The maximum Gasteiger partial charge on any atom is 0.310 e. The molecule has 0 saturated heterocycles. The van der Waals surface area contributed by atoms with Gasteiger partial charge in [0.05, 0.1) is 12.3 Å². The van der Waals surface area contributed by atoms with Crippen molar-refractivity contribution in [3.05, 3.63) is 34.9 Å². The first kappa shape index (κ1) is 17.7. The molecule has 0 aromatic heterocycles. The SMILES string of the molecule is C/C=C/CC1=C(C)[C@H](OC(=O)[C@@H]2[C@H](C=C(C)C)C2(C)C)CC1=O. The second-order valence-electron chi connectivity index (χ2n) is 7.56. The highest BCUT2D eigenvalue weighted by Gasteiger charge is 2.61. The Balaban J connectivity index is 2.06. The van der Waals surface area contributed by atoms with Crippen LogP contribution in [0.15, 0.2) is 34.9 Å². The van der Waals surface area contributed by atoms with Gasteiger partial charge in [0.2, 0.25) is 0 Å². The van der Waals surface area contributed by atoms with E-state index in [0.29, 0.717) is 12.8 Å². The van der Waals surface area contributed by atoms with Gasteiger partial charge in [-0.2, -0.15) is 0 Å². The normalized spacial score (nSPS) is 29.1. The van der Waals surface area contributed by atoms with Crippen molar-refractivity contribution in [2.45, 2.75) is 60.5 Å². The molecule has 0 heterocycles. The standard InChI is InChI=1S/C20H28O3/c1-7-8-9-14-13(4)17(11-16(14)21)23-19(22)18-15(10-12(2)3)20(18,5)6/h7-8,10,15,17-18H,9,11H2,1-6H3/b8-7+/t15-,17+,18-/m0/s1. The summed E-state index contributed by atoms with van der Waals surface area (Å²) < 4.78 is 5.70. The fourth-order valence-corrected chi connectivity index (χ4v) is 3.51. The number of ketones is 1. The van der Waals surface area contributed by atoms with Gasteiger partial charge in [0.15, 0.2) is 5.78 Å². The summed E-state index contributed by atoms with van der Waals surface area (Å²) in [5.41, 5.74) is 2.89. The van der Waals surface area contributed by atoms with Crippen LogP contribution in [-0.2, 0) is 14.3 Å². The molecule has 126 valence electrons. The Hall–Kier alpha value is -1.64. The van der Waals surface area contributed by atoms with Crippen LogP contribution in [0.1, 0.15) is 54.4 Å². The van der Waals surface area contributed by atoms with Crippen molar-refractivity contribution in [3.63, 3.8) is 0 Å². The molecule has 1 saturated carbocycles. The third-order valence-electron chi connectivity index (χ3n) is 5.16. The second-order valence-corrected chi connectivity index (χ2v) is 7.56. The quantitative estimate of drug-likeness (QED) is 0.558. The molecular formula is C20H28O3. The molecule has 2 rings (SSSR count). The van der Waals surface area contributed by atoms with Crippen LogP contribution in [0.25, 0.3) is 0 Å². The van der Waals surface area contributed by atoms with Gasteiger partial charge in [-0.05, 0) is 51.0 Å². The molecule has 0 spiro atoms. The summed E-state index contributed by atoms with van der Waals surface area (Å²) in [7, 11) is 0. The van der Waals surface area contributed by atoms with Crippen LogP contribution < -0.4 is 0 Å². The summed E-state index contributed by atoms with van der Waals surface area (Å²) in [6.07, 6.45) is 6.61. The predicted octanol–water partition coefficient (Wildman–Crippen LogP) is 4.39. The number of carbonyl (C=O) groups is 2. The average Bonchev–Trinajstić information content (AvgIpc) is 2.86. The molecule has 0 unspecified atom stereocenters. The van der Waals surface area contributed by atoms with E-state index in [-0.39, 0.29) is 35.1 Å². The molecule has 3 nitrogen and oxygen atoms in total. The summed E-state index contributed by atoms with van der Waals surface area (Å²) in [5, 5.41) is 0. The first-order valence-electron chi connectivity index (χ1n) is 8.39. The Morgan fingerprint density at radius 2 is 2.00 bits per heavy atom. The van der Waals surface area contributed by atoms with Gasteiger partial charge in [-0.15, -0.1) is 0 Å². The van der Waals surface area contributed by atoms with Crippen LogP contribution in [0.2, 0.25) is 0 Å². The van der Waals surface area contributed by atoms with E-state index in [4.69, 9.17) is 4.74 Å². The van der Waals surface area contributed by atoms with Crippen LogP contribution in [0.5, 0.6) is 0 Å². The number of allylic oxidation sites excluding steroid dienone is 5. The van der Waals surface area contributed by atoms with E-state index in [0.717, 1.165) is 11.1 Å². The minimum Gasteiger partial charge on any atom is -0.457 e. The van der Waals surface area contributed by atoms with E-state index in [1.165, 1.54) is 5.57 Å². The van der Waals surface area contributed by atoms with Crippen LogP contribution in [0.3, 0.4) is 0 Å². The minimum absolute atomic E-state index is 0.0532. The number of Topliss-reactive ketones (excluding diaryl/α,β-unsaturated/α-hetero) is 1. The molecule has 0 radical (unpaired) electrons. The average molecular weight is 316 g/mol. The third-order valence-corrected chi connectivity index (χ3v) is 5.16. The smallest absolute Gasteiger partial charge is 0.310 e. The van der Waals surface area contributed by atoms with Gasteiger partial charge < -0.3 is 4.74 Å². The lowest BCUT2D eigenvalue weighted by atomic mass is 10.1. The van der Waals surface area contributed by atoms with Crippen molar-refractivity contribution in [2.24, 2.45) is 17.3 Å². The van der Waals surface area contributed by atoms with Crippen molar-refractivity contribution < 1.29 is 14.3 Å². The topological polar surface area (TPSA) is 43.4 Å². The molecule has 0 N–H and O–H groups in total. The lowest BCUT2D eigenvalue weighted by Gasteiger charge is -2.13. The number of hydrogen-bond donors (Lipinski definition) is 0. The summed E-state index contributed by atoms with van der Waals surface area (Å²) in [5.74, 6) is 0.0833. The second kappa shape index (κ2) is 6.46. The molecule has 0 aliphatic heterocycles. The molecule has 0 amide bonds. The molecule has 2 aliphatic rings. The lowest BCUT2D eigenvalue weighted by Crippen LogP contribution is -2.20. The summed E-state index contributed by atoms with van der Waals surface area (Å²) in [4.78, 5) is 24.7. The zero-order valence-corrected chi connectivity index (χ0v) is 15.1. The van der Waals surface area contributed by atoms with Gasteiger partial charge in [0, 0.05) is 5.57 Å². The van der Waals surface area contributed by atoms with Crippen molar-refractivity contribution in [3.8, 4) is 0 Å². The van der Waals surface area contributed by atoms with Crippen molar-refractivity contribution in [1.82, 2.24) is 0 Å². The molecule has 23 heavy (non-hydrogen) atoms. The van der Waals surface area contributed by atoms with Gasteiger partial charge in [0.25, 0.3) is 0 Å². The number of rotatable bonds is 5. The van der Waals surface area contributed by atoms with Crippen molar-refractivity contribution >= 4 is 11.8 Å². The van der Waals surface area contributed by atoms with Gasteiger partial charge in [0.1, 0.15) is 6.10 Å². The van der Waals surface area contributed by atoms with Gasteiger partial charge in [-0.25, -0.2) is 0 Å². The first-order valence-corrected chi connectivity index (χ1v) is 8.39. The summed E-state index contributed by atoms with van der Waals surface area (Å²) in [6, 6.07) is 0. The zero-order chi connectivity index (χ0) is 17.4. The van der Waals surface area contributed by atoms with E-state index in [9.17, 15) is 9.59 Å². The molecule has 1 fully saturated rings. The maximum absolute atomic E-state index is 12.5. The fourth-order valence-electron chi connectivity index (χ4n) is 3.51. The van der Waals surface area contributed by atoms with E-state index >= 15 is 0 Å².